The molecule has 0 aliphatic heterocycles. The second kappa shape index (κ2) is 5.21. The van der Waals surface area contributed by atoms with Crippen LogP contribution in [0, 0.1) is 6.92 Å². The van der Waals surface area contributed by atoms with E-state index in [-0.39, 0.29) is 0 Å². The van der Waals surface area contributed by atoms with Crippen LogP contribution in [0.2, 0.25) is 10.0 Å². The van der Waals surface area contributed by atoms with Crippen LogP contribution >= 0.6 is 23.2 Å². The third-order valence-electron chi connectivity index (χ3n) is 2.79. The number of likely N-dealkylation sites (N-methyl/N-ethyl adjacent to an activating group) is 1. The molecule has 0 saturated carbocycles. The first kappa shape index (κ1) is 12.6. The van der Waals surface area contributed by atoms with E-state index in [1.807, 2.05) is 20.0 Å². The van der Waals surface area contributed by atoms with E-state index in [1.165, 1.54) is 5.56 Å². The molecular weight excluding hydrogens is 255 g/mol. The third kappa shape index (κ3) is 2.71. The van der Waals surface area contributed by atoms with Crippen LogP contribution in [0.1, 0.15) is 11.3 Å². The van der Waals surface area contributed by atoms with Crippen molar-refractivity contribution in [2.75, 3.05) is 13.6 Å². The number of fused-ring (bicyclic) bond motifs is 1. The number of halogens is 2. The number of aryl methyl sites for hydroxylation is 1. The highest BCUT2D eigenvalue weighted by molar-refractivity contribution is 6.38. The molecule has 0 aliphatic carbocycles. The van der Waals surface area contributed by atoms with Gasteiger partial charge in [-0.3, -0.25) is 4.98 Å². The Morgan fingerprint density at radius 3 is 2.71 bits per heavy atom. The maximum absolute atomic E-state index is 6.18. The van der Waals surface area contributed by atoms with Gasteiger partial charge in [-0.2, -0.15) is 0 Å². The Kier molecular flexibility index (Phi) is 3.87. The van der Waals surface area contributed by atoms with Crippen molar-refractivity contribution in [3.63, 3.8) is 0 Å². The summed E-state index contributed by atoms with van der Waals surface area (Å²) in [6, 6.07) is 5.70. The van der Waals surface area contributed by atoms with E-state index in [9.17, 15) is 0 Å². The summed E-state index contributed by atoms with van der Waals surface area (Å²) in [5.41, 5.74) is 3.11. The molecule has 0 aliphatic rings. The minimum atomic E-state index is 0.623. The summed E-state index contributed by atoms with van der Waals surface area (Å²) >= 11 is 12.1. The maximum Gasteiger partial charge on any atom is 0.0735 e. The summed E-state index contributed by atoms with van der Waals surface area (Å²) in [5, 5.41) is 5.38. The van der Waals surface area contributed by atoms with Crippen molar-refractivity contribution in [2.24, 2.45) is 0 Å². The van der Waals surface area contributed by atoms with E-state index in [0.717, 1.165) is 29.6 Å². The van der Waals surface area contributed by atoms with Gasteiger partial charge < -0.3 is 5.32 Å². The van der Waals surface area contributed by atoms with Crippen LogP contribution in [-0.2, 0) is 6.42 Å². The van der Waals surface area contributed by atoms with Gasteiger partial charge in [0.05, 0.1) is 10.5 Å². The Morgan fingerprint density at radius 1 is 1.24 bits per heavy atom. The van der Waals surface area contributed by atoms with Gasteiger partial charge in [0.2, 0.25) is 0 Å². The molecular formula is C13H14Cl2N2. The highest BCUT2D eigenvalue weighted by Gasteiger charge is 2.07. The number of nitrogens with one attached hydrogen (secondary N) is 1. The molecule has 0 radical (unpaired) electrons. The van der Waals surface area contributed by atoms with Crippen molar-refractivity contribution in [1.29, 1.82) is 0 Å². The van der Waals surface area contributed by atoms with Crippen molar-refractivity contribution in [3.05, 3.63) is 39.5 Å². The van der Waals surface area contributed by atoms with Crippen LogP contribution in [-0.4, -0.2) is 18.6 Å². The molecule has 4 heteroatoms. The minimum Gasteiger partial charge on any atom is -0.319 e. The zero-order chi connectivity index (χ0) is 12.4. The fourth-order valence-electron chi connectivity index (χ4n) is 1.85. The third-order valence-corrected chi connectivity index (χ3v) is 3.32. The van der Waals surface area contributed by atoms with E-state index in [0.29, 0.717) is 10.0 Å². The van der Waals surface area contributed by atoms with Gasteiger partial charge >= 0.3 is 0 Å². The van der Waals surface area contributed by atoms with Gasteiger partial charge in [-0.05, 0) is 50.7 Å². The van der Waals surface area contributed by atoms with Crippen LogP contribution in [0.3, 0.4) is 0 Å². The van der Waals surface area contributed by atoms with Crippen molar-refractivity contribution >= 4 is 34.1 Å². The first-order valence-corrected chi connectivity index (χ1v) is 6.27. The zero-order valence-corrected chi connectivity index (χ0v) is 11.4. The molecule has 0 saturated heterocycles. The van der Waals surface area contributed by atoms with Crippen LogP contribution in [0.25, 0.3) is 10.9 Å². The van der Waals surface area contributed by atoms with Gasteiger partial charge in [-0.1, -0.05) is 23.2 Å². The van der Waals surface area contributed by atoms with E-state index in [1.54, 1.807) is 6.07 Å². The molecule has 0 atom stereocenters. The number of rotatable bonds is 3. The SMILES string of the molecule is CNCCc1cc2c(Cl)cc(Cl)cc2nc1C. The Bertz CT molecular complexity index is 553. The van der Waals surface area contributed by atoms with Crippen molar-refractivity contribution < 1.29 is 0 Å². The Morgan fingerprint density at radius 2 is 2.00 bits per heavy atom. The average molecular weight is 269 g/mol. The summed E-state index contributed by atoms with van der Waals surface area (Å²) in [5.74, 6) is 0. The van der Waals surface area contributed by atoms with Gasteiger partial charge in [0.1, 0.15) is 0 Å². The summed E-state index contributed by atoms with van der Waals surface area (Å²) in [7, 11) is 1.94. The molecule has 1 N–H and O–H groups in total. The van der Waals surface area contributed by atoms with E-state index < -0.39 is 0 Å². The largest absolute Gasteiger partial charge is 0.319 e. The van der Waals surface area contributed by atoms with E-state index in [2.05, 4.69) is 16.4 Å². The van der Waals surface area contributed by atoms with Crippen molar-refractivity contribution in [3.8, 4) is 0 Å². The average Bonchev–Trinajstić information content (AvgIpc) is 2.26. The molecule has 1 heterocycles. The predicted octanol–water partition coefficient (Wildman–Crippen LogP) is 3.61. The monoisotopic (exact) mass is 268 g/mol. The first-order chi connectivity index (χ1) is 8.11. The van der Waals surface area contributed by atoms with Gasteiger partial charge in [-0.15, -0.1) is 0 Å². The van der Waals surface area contributed by atoms with E-state index in [4.69, 9.17) is 23.2 Å². The quantitative estimate of drug-likeness (QED) is 0.920. The molecule has 0 bridgehead atoms. The number of benzene rings is 1. The second-order valence-corrected chi connectivity index (χ2v) is 4.88. The van der Waals surface area contributed by atoms with Crippen molar-refractivity contribution in [1.82, 2.24) is 10.3 Å². The molecule has 0 spiro atoms. The molecule has 2 nitrogen and oxygen atoms in total. The van der Waals surface area contributed by atoms with Crippen LogP contribution in [0.15, 0.2) is 18.2 Å². The molecule has 1 aromatic carbocycles. The Balaban J connectivity index is 2.55. The topological polar surface area (TPSA) is 24.9 Å². The number of aromatic nitrogens is 1. The number of pyridine rings is 1. The molecule has 0 unspecified atom stereocenters. The zero-order valence-electron chi connectivity index (χ0n) is 9.85. The molecule has 2 rings (SSSR count). The van der Waals surface area contributed by atoms with Gasteiger partial charge in [-0.25, -0.2) is 0 Å². The Hall–Kier alpha value is -0.830. The number of hydrogen-bond acceptors (Lipinski definition) is 2. The summed E-state index contributed by atoms with van der Waals surface area (Å²) < 4.78 is 0. The lowest BCUT2D eigenvalue weighted by atomic mass is 10.1. The molecule has 0 amide bonds. The molecule has 0 fully saturated rings. The molecule has 1 aromatic heterocycles. The summed E-state index contributed by atoms with van der Waals surface area (Å²) in [6.45, 7) is 2.94. The van der Waals surface area contributed by atoms with E-state index >= 15 is 0 Å². The van der Waals surface area contributed by atoms with Crippen molar-refractivity contribution in [2.45, 2.75) is 13.3 Å². The van der Waals surface area contributed by atoms with Gasteiger partial charge in [0.15, 0.2) is 0 Å². The summed E-state index contributed by atoms with van der Waals surface area (Å²) in [4.78, 5) is 4.55. The second-order valence-electron chi connectivity index (χ2n) is 4.04. The maximum atomic E-state index is 6.18. The fourth-order valence-corrected chi connectivity index (χ4v) is 2.39. The summed E-state index contributed by atoms with van der Waals surface area (Å²) in [6.07, 6.45) is 0.949. The first-order valence-electron chi connectivity index (χ1n) is 5.51. The van der Waals surface area contributed by atoms with Gasteiger partial charge in [0.25, 0.3) is 0 Å². The lowest BCUT2D eigenvalue weighted by molar-refractivity contribution is 0.786. The molecule has 90 valence electrons. The number of hydrogen-bond donors (Lipinski definition) is 1. The predicted molar refractivity (Wildman–Crippen MR) is 74.1 cm³/mol. The molecule has 17 heavy (non-hydrogen) atoms. The Labute approximate surface area is 111 Å². The standard InChI is InChI=1S/C13H14Cl2N2/c1-8-9(3-4-16-2)5-11-12(15)6-10(14)7-13(11)17-8/h5-7,16H,3-4H2,1-2H3. The normalized spacial score (nSPS) is 11.1. The minimum absolute atomic E-state index is 0.623. The highest BCUT2D eigenvalue weighted by atomic mass is 35.5. The highest BCUT2D eigenvalue weighted by Crippen LogP contribution is 2.28. The number of nitrogens with zero attached hydrogens (tertiary/aromatic N) is 1. The fraction of sp³-hybridized carbons (Fsp3) is 0.308. The van der Waals surface area contributed by atoms with Crippen LogP contribution in [0.4, 0.5) is 0 Å². The van der Waals surface area contributed by atoms with Crippen LogP contribution in [0.5, 0.6) is 0 Å². The lowest BCUT2D eigenvalue weighted by Gasteiger charge is -2.08. The lowest BCUT2D eigenvalue weighted by Crippen LogP contribution is -2.11. The molecule has 2 aromatic rings. The smallest absolute Gasteiger partial charge is 0.0735 e. The van der Waals surface area contributed by atoms with Gasteiger partial charge in [0, 0.05) is 16.1 Å². The van der Waals surface area contributed by atoms with Crippen LogP contribution < -0.4 is 5.32 Å².